The number of para-hydroxylation sites is 1. The van der Waals surface area contributed by atoms with Crippen molar-refractivity contribution in [3.8, 4) is 5.75 Å². The number of rotatable bonds is 6. The fourth-order valence-corrected chi connectivity index (χ4v) is 1.92. The van der Waals surface area contributed by atoms with E-state index in [1.807, 2.05) is 74.5 Å². The molecule has 1 amide bonds. The maximum Gasteiger partial charge on any atom is 0.276 e. The summed E-state index contributed by atoms with van der Waals surface area (Å²) in [5.74, 6) is 0.432. The molecule has 114 valence electrons. The fraction of sp³-hybridized carbons (Fsp3) is 0.167. The van der Waals surface area contributed by atoms with Crippen LogP contribution in [0.3, 0.4) is 0 Å². The van der Waals surface area contributed by atoms with Gasteiger partial charge >= 0.3 is 0 Å². The number of nitrogens with one attached hydrogen (secondary N) is 2. The lowest BCUT2D eigenvalue weighted by Gasteiger charge is -2.15. The first-order chi connectivity index (χ1) is 10.7. The fourth-order valence-electron chi connectivity index (χ4n) is 1.92. The molecule has 0 atom stereocenters. The van der Waals surface area contributed by atoms with Gasteiger partial charge in [0, 0.05) is 0 Å². The SMILES string of the molecule is CC(C)=C(NNC(=O)COc1ccccc1)c1ccccc1. The van der Waals surface area contributed by atoms with Crippen molar-refractivity contribution in [2.75, 3.05) is 6.61 Å². The molecule has 2 aromatic rings. The van der Waals surface area contributed by atoms with E-state index in [1.165, 1.54) is 0 Å². The molecule has 0 aliphatic heterocycles. The van der Waals surface area contributed by atoms with Crippen LogP contribution in [0.1, 0.15) is 19.4 Å². The summed E-state index contributed by atoms with van der Waals surface area (Å²) in [6, 6.07) is 19.1. The van der Waals surface area contributed by atoms with Crippen LogP contribution in [0, 0.1) is 0 Å². The minimum absolute atomic E-state index is 0.0398. The summed E-state index contributed by atoms with van der Waals surface area (Å²) < 4.78 is 5.40. The molecule has 2 N–H and O–H groups in total. The maximum atomic E-state index is 11.9. The summed E-state index contributed by atoms with van der Waals surface area (Å²) in [6.45, 7) is 3.94. The minimum Gasteiger partial charge on any atom is -0.484 e. The van der Waals surface area contributed by atoms with Crippen molar-refractivity contribution in [2.45, 2.75) is 13.8 Å². The van der Waals surface area contributed by atoms with Crippen LogP contribution in [0.2, 0.25) is 0 Å². The molecule has 0 fully saturated rings. The van der Waals surface area contributed by atoms with Crippen molar-refractivity contribution in [1.82, 2.24) is 10.9 Å². The summed E-state index contributed by atoms with van der Waals surface area (Å²) in [4.78, 5) is 11.9. The van der Waals surface area contributed by atoms with Crippen molar-refractivity contribution in [1.29, 1.82) is 0 Å². The Morgan fingerprint density at radius 1 is 0.909 bits per heavy atom. The van der Waals surface area contributed by atoms with Crippen molar-refractivity contribution in [3.63, 3.8) is 0 Å². The first kappa shape index (κ1) is 15.6. The highest BCUT2D eigenvalue weighted by Crippen LogP contribution is 2.14. The summed E-state index contributed by atoms with van der Waals surface area (Å²) in [5, 5.41) is 0. The van der Waals surface area contributed by atoms with Gasteiger partial charge in [-0.15, -0.1) is 0 Å². The van der Waals surface area contributed by atoms with E-state index in [1.54, 1.807) is 0 Å². The van der Waals surface area contributed by atoms with Crippen molar-refractivity contribution >= 4 is 11.6 Å². The summed E-state index contributed by atoms with van der Waals surface area (Å²) >= 11 is 0. The number of carbonyl (C=O) groups is 1. The van der Waals surface area contributed by atoms with E-state index in [4.69, 9.17) is 4.74 Å². The second-order valence-electron chi connectivity index (χ2n) is 5.02. The monoisotopic (exact) mass is 296 g/mol. The molecule has 0 spiro atoms. The van der Waals surface area contributed by atoms with Crippen LogP contribution in [-0.4, -0.2) is 12.5 Å². The van der Waals surface area contributed by atoms with Gasteiger partial charge in [-0.05, 0) is 31.5 Å². The zero-order valence-corrected chi connectivity index (χ0v) is 12.8. The molecule has 0 saturated carbocycles. The smallest absolute Gasteiger partial charge is 0.276 e. The topological polar surface area (TPSA) is 50.4 Å². The number of allylic oxidation sites excluding steroid dienone is 1. The van der Waals surface area contributed by atoms with Gasteiger partial charge in [0.1, 0.15) is 5.75 Å². The Labute approximate surface area is 130 Å². The molecule has 0 aliphatic rings. The summed E-state index contributed by atoms with van der Waals surface area (Å²) in [5.41, 5.74) is 8.61. The Bertz CT molecular complexity index is 633. The molecule has 2 aromatic carbocycles. The minimum atomic E-state index is -0.237. The van der Waals surface area contributed by atoms with E-state index in [9.17, 15) is 4.79 Å². The van der Waals surface area contributed by atoms with Crippen molar-refractivity contribution < 1.29 is 9.53 Å². The van der Waals surface area contributed by atoms with E-state index in [0.717, 1.165) is 16.8 Å². The largest absolute Gasteiger partial charge is 0.484 e. The Kier molecular flexibility index (Phi) is 5.60. The number of amides is 1. The van der Waals surface area contributed by atoms with Crippen LogP contribution >= 0.6 is 0 Å². The number of hydrazine groups is 1. The first-order valence-electron chi connectivity index (χ1n) is 7.12. The molecule has 0 heterocycles. The highest BCUT2D eigenvalue weighted by Gasteiger charge is 2.06. The molecular formula is C18H20N2O2. The number of hydrogen-bond acceptors (Lipinski definition) is 3. The Hall–Kier alpha value is -2.75. The quantitative estimate of drug-likeness (QED) is 0.805. The number of ether oxygens (including phenoxy) is 1. The van der Waals surface area contributed by atoms with E-state index >= 15 is 0 Å². The highest BCUT2D eigenvalue weighted by atomic mass is 16.5. The van der Waals surface area contributed by atoms with Gasteiger partial charge in [0.2, 0.25) is 0 Å². The molecule has 0 bridgehead atoms. The molecule has 0 aromatic heterocycles. The molecule has 0 radical (unpaired) electrons. The molecule has 4 heteroatoms. The predicted octanol–water partition coefficient (Wildman–Crippen LogP) is 3.14. The zero-order chi connectivity index (χ0) is 15.8. The lowest BCUT2D eigenvalue weighted by molar-refractivity contribution is -0.123. The third kappa shape index (κ3) is 4.66. The van der Waals surface area contributed by atoms with Crippen LogP contribution in [0.25, 0.3) is 5.70 Å². The van der Waals surface area contributed by atoms with Crippen molar-refractivity contribution in [2.24, 2.45) is 0 Å². The van der Waals surface area contributed by atoms with E-state index in [2.05, 4.69) is 10.9 Å². The maximum absolute atomic E-state index is 11.9. The second kappa shape index (κ2) is 7.88. The van der Waals surface area contributed by atoms with Crippen LogP contribution in [-0.2, 0) is 4.79 Å². The molecule has 2 rings (SSSR count). The average Bonchev–Trinajstić information content (AvgIpc) is 2.55. The molecule has 0 saturated heterocycles. The molecular weight excluding hydrogens is 276 g/mol. The van der Waals surface area contributed by atoms with Crippen LogP contribution < -0.4 is 15.6 Å². The van der Waals surface area contributed by atoms with Gasteiger partial charge in [-0.2, -0.15) is 0 Å². The summed E-state index contributed by atoms with van der Waals surface area (Å²) in [7, 11) is 0. The third-order valence-corrected chi connectivity index (χ3v) is 3.00. The van der Waals surface area contributed by atoms with E-state index in [-0.39, 0.29) is 12.5 Å². The highest BCUT2D eigenvalue weighted by molar-refractivity contribution is 5.79. The Balaban J connectivity index is 1.88. The Morgan fingerprint density at radius 3 is 2.09 bits per heavy atom. The first-order valence-corrected chi connectivity index (χ1v) is 7.12. The standard InChI is InChI=1S/C18H20N2O2/c1-14(2)18(15-9-5-3-6-10-15)20-19-17(21)13-22-16-11-7-4-8-12-16/h3-12,20H,13H2,1-2H3,(H,19,21). The van der Waals surface area contributed by atoms with Gasteiger partial charge in [-0.1, -0.05) is 54.1 Å². The molecule has 4 nitrogen and oxygen atoms in total. The average molecular weight is 296 g/mol. The Morgan fingerprint density at radius 2 is 1.50 bits per heavy atom. The van der Waals surface area contributed by atoms with Crippen LogP contribution in [0.15, 0.2) is 66.2 Å². The van der Waals surface area contributed by atoms with Gasteiger partial charge in [-0.3, -0.25) is 15.6 Å². The van der Waals surface area contributed by atoms with Gasteiger partial charge in [0.05, 0.1) is 5.70 Å². The summed E-state index contributed by atoms with van der Waals surface area (Å²) in [6.07, 6.45) is 0. The predicted molar refractivity (Wildman–Crippen MR) is 87.9 cm³/mol. The third-order valence-electron chi connectivity index (χ3n) is 3.00. The van der Waals surface area contributed by atoms with Gasteiger partial charge in [-0.25, -0.2) is 0 Å². The lowest BCUT2D eigenvalue weighted by atomic mass is 10.1. The molecule has 22 heavy (non-hydrogen) atoms. The zero-order valence-electron chi connectivity index (χ0n) is 12.8. The van der Waals surface area contributed by atoms with Crippen LogP contribution in [0.5, 0.6) is 5.75 Å². The van der Waals surface area contributed by atoms with Gasteiger partial charge < -0.3 is 4.74 Å². The van der Waals surface area contributed by atoms with E-state index < -0.39 is 0 Å². The second-order valence-corrected chi connectivity index (χ2v) is 5.02. The number of benzene rings is 2. The van der Waals surface area contributed by atoms with Gasteiger partial charge in [0.15, 0.2) is 6.61 Å². The van der Waals surface area contributed by atoms with Gasteiger partial charge in [0.25, 0.3) is 5.91 Å². The molecule has 0 aliphatic carbocycles. The molecule has 0 unspecified atom stereocenters. The number of hydrogen-bond donors (Lipinski definition) is 2. The lowest BCUT2D eigenvalue weighted by Crippen LogP contribution is -2.39. The van der Waals surface area contributed by atoms with Crippen molar-refractivity contribution in [3.05, 3.63) is 71.8 Å². The van der Waals surface area contributed by atoms with Crippen LogP contribution in [0.4, 0.5) is 0 Å². The normalized spacial score (nSPS) is 9.73. The number of carbonyl (C=O) groups excluding carboxylic acids is 1. The van der Waals surface area contributed by atoms with E-state index in [0.29, 0.717) is 5.75 Å².